The van der Waals surface area contributed by atoms with Gasteiger partial charge >= 0.3 is 0 Å². The maximum Gasteiger partial charge on any atom is 0.191 e. The Bertz CT molecular complexity index is 511. The molecule has 0 amide bonds. The Morgan fingerprint density at radius 1 is 1.23 bits per heavy atom. The molecule has 2 aromatic rings. The molecule has 4 nitrogen and oxygen atoms in total. The molecular formula is C16H24IN3OS. The van der Waals surface area contributed by atoms with Crippen molar-refractivity contribution in [3.05, 3.63) is 46.5 Å². The zero-order chi connectivity index (χ0) is 14.8. The molecule has 0 aromatic carbocycles. The van der Waals surface area contributed by atoms with E-state index in [2.05, 4.69) is 40.1 Å². The van der Waals surface area contributed by atoms with Crippen LogP contribution in [0, 0.1) is 0 Å². The van der Waals surface area contributed by atoms with Gasteiger partial charge in [0.25, 0.3) is 0 Å². The van der Waals surface area contributed by atoms with Crippen LogP contribution in [0.4, 0.5) is 0 Å². The van der Waals surface area contributed by atoms with Crippen LogP contribution in [0.25, 0.3) is 0 Å². The minimum Gasteiger partial charge on any atom is -0.469 e. The van der Waals surface area contributed by atoms with E-state index < -0.39 is 0 Å². The summed E-state index contributed by atoms with van der Waals surface area (Å²) in [6.07, 6.45) is 4.90. The fraction of sp³-hybridized carbons (Fsp3) is 0.438. The maximum atomic E-state index is 5.33. The summed E-state index contributed by atoms with van der Waals surface area (Å²) in [7, 11) is 0. The van der Waals surface area contributed by atoms with Gasteiger partial charge in [0, 0.05) is 24.4 Å². The number of hydrogen-bond acceptors (Lipinski definition) is 3. The normalized spacial score (nSPS) is 11.0. The topological polar surface area (TPSA) is 49.6 Å². The SMILES string of the molecule is CCCCNC(=NCc1cccs1)NCCc1ccco1.I. The third-order valence-corrected chi connectivity index (χ3v) is 3.90. The van der Waals surface area contributed by atoms with Crippen molar-refractivity contribution in [1.82, 2.24) is 10.6 Å². The van der Waals surface area contributed by atoms with Crippen molar-refractivity contribution in [3.63, 3.8) is 0 Å². The van der Waals surface area contributed by atoms with E-state index in [0.29, 0.717) is 0 Å². The third kappa shape index (κ3) is 7.31. The first-order valence-corrected chi connectivity index (χ1v) is 8.33. The molecule has 0 saturated heterocycles. The van der Waals surface area contributed by atoms with E-state index in [1.165, 1.54) is 11.3 Å². The van der Waals surface area contributed by atoms with E-state index in [0.717, 1.165) is 44.2 Å². The average molecular weight is 433 g/mol. The molecule has 0 aliphatic carbocycles. The zero-order valence-corrected chi connectivity index (χ0v) is 16.0. The maximum absolute atomic E-state index is 5.33. The minimum atomic E-state index is 0. The van der Waals surface area contributed by atoms with E-state index >= 15 is 0 Å². The van der Waals surface area contributed by atoms with Gasteiger partial charge in [-0.25, -0.2) is 4.99 Å². The highest BCUT2D eigenvalue weighted by atomic mass is 127. The largest absolute Gasteiger partial charge is 0.469 e. The molecular weight excluding hydrogens is 409 g/mol. The van der Waals surface area contributed by atoms with Crippen molar-refractivity contribution in [2.45, 2.75) is 32.7 Å². The molecule has 122 valence electrons. The molecule has 0 spiro atoms. The van der Waals surface area contributed by atoms with Crippen molar-refractivity contribution in [2.75, 3.05) is 13.1 Å². The number of furan rings is 1. The summed E-state index contributed by atoms with van der Waals surface area (Å²) in [4.78, 5) is 5.91. The standard InChI is InChI=1S/C16H23N3OS.HI/c1-2-3-9-17-16(19-13-15-7-5-12-21-15)18-10-8-14-6-4-11-20-14;/h4-7,11-12H,2-3,8-10,13H2,1H3,(H2,17,18,19);1H. The third-order valence-electron chi connectivity index (χ3n) is 3.04. The molecule has 22 heavy (non-hydrogen) atoms. The summed E-state index contributed by atoms with van der Waals surface area (Å²) in [6, 6.07) is 8.08. The molecule has 2 N–H and O–H groups in total. The van der Waals surface area contributed by atoms with Gasteiger partial charge in [0.1, 0.15) is 5.76 Å². The van der Waals surface area contributed by atoms with Gasteiger partial charge in [0.15, 0.2) is 5.96 Å². The summed E-state index contributed by atoms with van der Waals surface area (Å²) in [6.45, 7) is 4.68. The number of thiophene rings is 1. The molecule has 2 aromatic heterocycles. The number of unbranched alkanes of at least 4 members (excludes halogenated alkanes) is 1. The second-order valence-corrected chi connectivity index (χ2v) is 5.81. The van der Waals surface area contributed by atoms with Gasteiger partial charge in [-0.3, -0.25) is 0 Å². The number of guanidine groups is 1. The molecule has 0 fully saturated rings. The van der Waals surface area contributed by atoms with Crippen molar-refractivity contribution in [3.8, 4) is 0 Å². The first-order chi connectivity index (χ1) is 10.4. The average Bonchev–Trinajstić information content (AvgIpc) is 3.18. The summed E-state index contributed by atoms with van der Waals surface area (Å²) in [5.41, 5.74) is 0. The number of halogens is 1. The summed E-state index contributed by atoms with van der Waals surface area (Å²) in [5.74, 6) is 1.87. The van der Waals surface area contributed by atoms with Crippen LogP contribution in [-0.4, -0.2) is 19.0 Å². The molecule has 0 unspecified atom stereocenters. The van der Waals surface area contributed by atoms with Crippen molar-refractivity contribution >= 4 is 41.3 Å². The lowest BCUT2D eigenvalue weighted by Gasteiger charge is -2.11. The number of nitrogens with zero attached hydrogens (tertiary/aromatic N) is 1. The Morgan fingerprint density at radius 3 is 2.77 bits per heavy atom. The van der Waals surface area contributed by atoms with Gasteiger partial charge in [-0.1, -0.05) is 19.4 Å². The van der Waals surface area contributed by atoms with E-state index in [9.17, 15) is 0 Å². The summed E-state index contributed by atoms with van der Waals surface area (Å²) >= 11 is 1.74. The van der Waals surface area contributed by atoms with Crippen LogP contribution < -0.4 is 10.6 Å². The molecule has 0 atom stereocenters. The van der Waals surface area contributed by atoms with E-state index in [4.69, 9.17) is 4.42 Å². The van der Waals surface area contributed by atoms with Crippen molar-refractivity contribution in [1.29, 1.82) is 0 Å². The predicted octanol–water partition coefficient (Wildman–Crippen LogP) is 4.04. The summed E-state index contributed by atoms with van der Waals surface area (Å²) < 4.78 is 5.33. The number of aliphatic imine (C=N–C) groups is 1. The van der Waals surface area contributed by atoms with Gasteiger partial charge < -0.3 is 15.1 Å². The minimum absolute atomic E-state index is 0. The molecule has 0 saturated carbocycles. The molecule has 2 heterocycles. The fourth-order valence-electron chi connectivity index (χ4n) is 1.88. The number of rotatable bonds is 8. The lowest BCUT2D eigenvalue weighted by Crippen LogP contribution is -2.38. The molecule has 6 heteroatoms. The Balaban J connectivity index is 0.00000242. The molecule has 0 bridgehead atoms. The Kier molecular flexibility index (Phi) is 9.98. The first-order valence-electron chi connectivity index (χ1n) is 7.45. The van der Waals surface area contributed by atoms with Gasteiger partial charge in [-0.05, 0) is 30.0 Å². The number of hydrogen-bond donors (Lipinski definition) is 2. The van der Waals surface area contributed by atoms with Crippen LogP contribution in [-0.2, 0) is 13.0 Å². The molecule has 0 radical (unpaired) electrons. The quantitative estimate of drug-likeness (QED) is 0.286. The van der Waals surface area contributed by atoms with E-state index in [-0.39, 0.29) is 24.0 Å². The van der Waals surface area contributed by atoms with Gasteiger partial charge in [-0.15, -0.1) is 35.3 Å². The highest BCUT2D eigenvalue weighted by molar-refractivity contribution is 14.0. The first kappa shape index (κ1) is 19.0. The number of nitrogens with one attached hydrogen (secondary N) is 2. The van der Waals surface area contributed by atoms with Gasteiger partial charge in [0.2, 0.25) is 0 Å². The molecule has 0 aliphatic heterocycles. The molecule has 0 aliphatic rings. The lowest BCUT2D eigenvalue weighted by atomic mass is 10.3. The van der Waals surface area contributed by atoms with E-state index in [1.54, 1.807) is 17.6 Å². The second-order valence-electron chi connectivity index (χ2n) is 4.78. The Hall–Kier alpha value is -1.02. The lowest BCUT2D eigenvalue weighted by molar-refractivity contribution is 0.506. The van der Waals surface area contributed by atoms with Crippen molar-refractivity contribution in [2.24, 2.45) is 4.99 Å². The van der Waals surface area contributed by atoms with Crippen molar-refractivity contribution < 1.29 is 4.42 Å². The predicted molar refractivity (Wildman–Crippen MR) is 104 cm³/mol. The smallest absolute Gasteiger partial charge is 0.191 e. The highest BCUT2D eigenvalue weighted by Crippen LogP contribution is 2.09. The summed E-state index contributed by atoms with van der Waals surface area (Å²) in [5, 5.41) is 8.82. The zero-order valence-electron chi connectivity index (χ0n) is 12.9. The Morgan fingerprint density at radius 2 is 2.09 bits per heavy atom. The van der Waals surface area contributed by atoms with E-state index in [1.807, 2.05) is 12.1 Å². The van der Waals surface area contributed by atoms with Crippen LogP contribution in [0.3, 0.4) is 0 Å². The van der Waals surface area contributed by atoms with Crippen LogP contribution in [0.1, 0.15) is 30.4 Å². The monoisotopic (exact) mass is 433 g/mol. The van der Waals surface area contributed by atoms with Crippen LogP contribution in [0.15, 0.2) is 45.3 Å². The van der Waals surface area contributed by atoms with Crippen LogP contribution in [0.5, 0.6) is 0 Å². The fourth-order valence-corrected chi connectivity index (χ4v) is 2.50. The van der Waals surface area contributed by atoms with Crippen LogP contribution >= 0.6 is 35.3 Å². The highest BCUT2D eigenvalue weighted by Gasteiger charge is 2.00. The van der Waals surface area contributed by atoms with Gasteiger partial charge in [0.05, 0.1) is 12.8 Å². The van der Waals surface area contributed by atoms with Gasteiger partial charge in [-0.2, -0.15) is 0 Å². The second kappa shape index (κ2) is 11.5. The Labute approximate surface area is 153 Å². The molecule has 2 rings (SSSR count). The van der Waals surface area contributed by atoms with Crippen LogP contribution in [0.2, 0.25) is 0 Å².